The van der Waals surface area contributed by atoms with E-state index in [1.165, 1.54) is 26.4 Å². The summed E-state index contributed by atoms with van der Waals surface area (Å²) < 4.78 is 37.2. The van der Waals surface area contributed by atoms with Gasteiger partial charge in [0.05, 0.1) is 19.9 Å². The van der Waals surface area contributed by atoms with E-state index >= 15 is 0 Å². The van der Waals surface area contributed by atoms with Crippen molar-refractivity contribution in [3.63, 3.8) is 0 Å². The van der Waals surface area contributed by atoms with Crippen molar-refractivity contribution in [1.82, 2.24) is 0 Å². The Balaban J connectivity index is 1.75. The molecule has 0 spiro atoms. The van der Waals surface area contributed by atoms with E-state index < -0.39 is 11.6 Å². The number of halogens is 2. The fourth-order valence-electron chi connectivity index (χ4n) is 2.65. The molecule has 144 valence electrons. The molecule has 0 aliphatic carbocycles. The number of nitrogens with one attached hydrogen (secondary N) is 2. The second-order valence-corrected chi connectivity index (χ2v) is 5.82. The maximum absolute atomic E-state index is 13.7. The van der Waals surface area contributed by atoms with Crippen LogP contribution in [0.25, 0.3) is 0 Å². The molecule has 3 rings (SSSR count). The second kappa shape index (κ2) is 8.39. The highest BCUT2D eigenvalue weighted by Crippen LogP contribution is 2.29. The molecule has 5 nitrogen and oxygen atoms in total. The Morgan fingerprint density at radius 3 is 2.04 bits per heavy atom. The van der Waals surface area contributed by atoms with E-state index in [2.05, 4.69) is 10.6 Å². The lowest BCUT2D eigenvalue weighted by atomic mass is 10.1. The Kier molecular flexibility index (Phi) is 5.74. The van der Waals surface area contributed by atoms with Crippen LogP contribution < -0.4 is 20.1 Å². The number of anilines is 3. The molecule has 0 aliphatic heterocycles. The smallest absolute Gasteiger partial charge is 0.263 e. The summed E-state index contributed by atoms with van der Waals surface area (Å²) in [5, 5.41) is 5.62. The SMILES string of the molecule is COc1cccc(OC)c1C(=O)Nc1ccc(Nc2ccc(F)cc2F)cc1. The largest absolute Gasteiger partial charge is 0.496 e. The van der Waals surface area contributed by atoms with Gasteiger partial charge >= 0.3 is 0 Å². The van der Waals surface area contributed by atoms with Crippen molar-refractivity contribution >= 4 is 23.0 Å². The van der Waals surface area contributed by atoms with Gasteiger partial charge in [0.15, 0.2) is 0 Å². The molecule has 2 N–H and O–H groups in total. The Bertz CT molecular complexity index is 969. The number of ether oxygens (including phenoxy) is 2. The number of hydrogen-bond donors (Lipinski definition) is 2. The zero-order chi connectivity index (χ0) is 20.1. The van der Waals surface area contributed by atoms with Crippen molar-refractivity contribution in [2.45, 2.75) is 0 Å². The van der Waals surface area contributed by atoms with Crippen molar-refractivity contribution < 1.29 is 23.0 Å². The summed E-state index contributed by atoms with van der Waals surface area (Å²) in [6.07, 6.45) is 0. The van der Waals surface area contributed by atoms with Crippen molar-refractivity contribution in [2.24, 2.45) is 0 Å². The highest BCUT2D eigenvalue weighted by molar-refractivity contribution is 6.08. The van der Waals surface area contributed by atoms with Gasteiger partial charge in [0.25, 0.3) is 5.91 Å². The predicted octanol–water partition coefficient (Wildman–Crippen LogP) is 4.98. The van der Waals surface area contributed by atoms with Crippen LogP contribution in [0, 0.1) is 11.6 Å². The van der Waals surface area contributed by atoms with Gasteiger partial charge in [0, 0.05) is 17.4 Å². The molecule has 1 amide bonds. The van der Waals surface area contributed by atoms with E-state index in [1.54, 1.807) is 42.5 Å². The first-order valence-electron chi connectivity index (χ1n) is 8.36. The third-order valence-corrected chi connectivity index (χ3v) is 4.01. The third kappa shape index (κ3) is 4.20. The fraction of sp³-hybridized carbons (Fsp3) is 0.0952. The van der Waals surface area contributed by atoms with Crippen LogP contribution in [0.15, 0.2) is 60.7 Å². The predicted molar refractivity (Wildman–Crippen MR) is 104 cm³/mol. The zero-order valence-corrected chi connectivity index (χ0v) is 15.3. The van der Waals surface area contributed by atoms with Crippen LogP contribution in [0.2, 0.25) is 0 Å². The Labute approximate surface area is 160 Å². The lowest BCUT2D eigenvalue weighted by Gasteiger charge is -2.13. The quantitative estimate of drug-likeness (QED) is 0.629. The molecule has 3 aromatic rings. The summed E-state index contributed by atoms with van der Waals surface area (Å²) in [4.78, 5) is 12.7. The fourth-order valence-corrected chi connectivity index (χ4v) is 2.65. The maximum atomic E-state index is 13.7. The molecular formula is C21H18F2N2O3. The van der Waals surface area contributed by atoms with Crippen LogP contribution in [0.3, 0.4) is 0 Å². The van der Waals surface area contributed by atoms with Gasteiger partial charge < -0.3 is 20.1 Å². The van der Waals surface area contributed by atoms with Gasteiger partial charge in [-0.3, -0.25) is 4.79 Å². The first kappa shape index (κ1) is 19.2. The molecule has 0 unspecified atom stereocenters. The van der Waals surface area contributed by atoms with Crippen molar-refractivity contribution in [3.05, 3.63) is 77.9 Å². The van der Waals surface area contributed by atoms with E-state index in [0.29, 0.717) is 22.9 Å². The van der Waals surface area contributed by atoms with Crippen LogP contribution in [-0.4, -0.2) is 20.1 Å². The average Bonchev–Trinajstić information content (AvgIpc) is 2.70. The van der Waals surface area contributed by atoms with E-state index in [-0.39, 0.29) is 17.2 Å². The maximum Gasteiger partial charge on any atom is 0.263 e. The number of methoxy groups -OCH3 is 2. The van der Waals surface area contributed by atoms with E-state index in [4.69, 9.17) is 9.47 Å². The van der Waals surface area contributed by atoms with Crippen molar-refractivity contribution in [3.8, 4) is 11.5 Å². The minimum Gasteiger partial charge on any atom is -0.496 e. The average molecular weight is 384 g/mol. The molecule has 0 aliphatic rings. The van der Waals surface area contributed by atoms with Gasteiger partial charge in [-0.05, 0) is 48.5 Å². The molecule has 3 aromatic carbocycles. The van der Waals surface area contributed by atoms with Crippen molar-refractivity contribution in [2.75, 3.05) is 24.9 Å². The molecule has 0 atom stereocenters. The summed E-state index contributed by atoms with van der Waals surface area (Å²) in [6, 6.07) is 15.0. The zero-order valence-electron chi connectivity index (χ0n) is 15.3. The molecule has 0 heterocycles. The summed E-state index contributed by atoms with van der Waals surface area (Å²) in [7, 11) is 2.95. The van der Waals surface area contributed by atoms with Gasteiger partial charge in [-0.25, -0.2) is 8.78 Å². The van der Waals surface area contributed by atoms with E-state index in [1.807, 2.05) is 0 Å². The monoisotopic (exact) mass is 384 g/mol. The van der Waals surface area contributed by atoms with Gasteiger partial charge in [-0.2, -0.15) is 0 Å². The number of amides is 1. The normalized spacial score (nSPS) is 10.3. The van der Waals surface area contributed by atoms with Crippen LogP contribution in [0.4, 0.5) is 25.8 Å². The number of hydrogen-bond acceptors (Lipinski definition) is 4. The summed E-state index contributed by atoms with van der Waals surface area (Å²) >= 11 is 0. The van der Waals surface area contributed by atoms with Gasteiger partial charge in [-0.15, -0.1) is 0 Å². The van der Waals surface area contributed by atoms with Gasteiger partial charge in [0.2, 0.25) is 0 Å². The molecule has 0 bridgehead atoms. The molecule has 0 fully saturated rings. The first-order valence-corrected chi connectivity index (χ1v) is 8.36. The highest BCUT2D eigenvalue weighted by atomic mass is 19.1. The van der Waals surface area contributed by atoms with E-state index in [0.717, 1.165) is 6.07 Å². The topological polar surface area (TPSA) is 59.6 Å². The first-order chi connectivity index (χ1) is 13.5. The summed E-state index contributed by atoms with van der Waals surface area (Å²) in [5.41, 5.74) is 1.54. The molecule has 0 radical (unpaired) electrons. The molecule has 0 saturated carbocycles. The second-order valence-electron chi connectivity index (χ2n) is 5.82. The number of rotatable bonds is 6. The third-order valence-electron chi connectivity index (χ3n) is 4.01. The lowest BCUT2D eigenvalue weighted by molar-refractivity contribution is 0.102. The van der Waals surface area contributed by atoms with Gasteiger partial charge in [-0.1, -0.05) is 6.07 Å². The summed E-state index contributed by atoms with van der Waals surface area (Å²) in [6.45, 7) is 0. The van der Waals surface area contributed by atoms with Crippen molar-refractivity contribution in [1.29, 1.82) is 0 Å². The van der Waals surface area contributed by atoms with Crippen LogP contribution in [-0.2, 0) is 0 Å². The standard InChI is InChI=1S/C21H18F2N2O3/c1-27-18-4-3-5-19(28-2)20(18)21(26)25-15-9-7-14(8-10-15)24-17-11-6-13(22)12-16(17)23/h3-12,24H,1-2H3,(H,25,26). The number of carbonyl (C=O) groups excluding carboxylic acids is 1. The number of carbonyl (C=O) groups is 1. The van der Waals surface area contributed by atoms with E-state index in [9.17, 15) is 13.6 Å². The van der Waals surface area contributed by atoms with Crippen LogP contribution in [0.5, 0.6) is 11.5 Å². The van der Waals surface area contributed by atoms with Crippen LogP contribution in [0.1, 0.15) is 10.4 Å². The number of benzene rings is 3. The molecule has 0 saturated heterocycles. The molecule has 0 aromatic heterocycles. The Morgan fingerprint density at radius 1 is 0.857 bits per heavy atom. The van der Waals surface area contributed by atoms with Crippen LogP contribution >= 0.6 is 0 Å². The Morgan fingerprint density at radius 2 is 1.46 bits per heavy atom. The molecular weight excluding hydrogens is 366 g/mol. The minimum absolute atomic E-state index is 0.150. The minimum atomic E-state index is -0.694. The lowest BCUT2D eigenvalue weighted by Crippen LogP contribution is -2.14. The Hall–Kier alpha value is -3.61. The van der Waals surface area contributed by atoms with Gasteiger partial charge in [0.1, 0.15) is 28.7 Å². The summed E-state index contributed by atoms with van der Waals surface area (Å²) in [5.74, 6) is -0.947. The molecule has 7 heteroatoms. The highest BCUT2D eigenvalue weighted by Gasteiger charge is 2.18. The molecule has 28 heavy (non-hydrogen) atoms.